The lowest BCUT2D eigenvalue weighted by molar-refractivity contribution is -0.147. The van der Waals surface area contributed by atoms with Crippen molar-refractivity contribution in [2.45, 2.75) is 32.2 Å². The normalized spacial score (nSPS) is 16.9. The van der Waals surface area contributed by atoms with Crippen molar-refractivity contribution in [3.63, 3.8) is 0 Å². The first kappa shape index (κ1) is 19.2. The fraction of sp³-hybridized carbons (Fsp3) is 0.500. The van der Waals surface area contributed by atoms with Crippen LogP contribution >= 0.6 is 12.2 Å². The van der Waals surface area contributed by atoms with Crippen molar-refractivity contribution < 1.29 is 14.3 Å². The van der Waals surface area contributed by atoms with Gasteiger partial charge in [0.25, 0.3) is 0 Å². The lowest BCUT2D eigenvalue weighted by Gasteiger charge is -2.36. The highest BCUT2D eigenvalue weighted by Crippen LogP contribution is 2.11. The number of aryl methyl sites for hydroxylation is 1. The van der Waals surface area contributed by atoms with Gasteiger partial charge in [-0.1, -0.05) is 30.3 Å². The van der Waals surface area contributed by atoms with Crippen molar-refractivity contribution in [2.75, 3.05) is 26.2 Å². The Morgan fingerprint density at radius 3 is 2.88 bits per heavy atom. The summed E-state index contributed by atoms with van der Waals surface area (Å²) < 4.78 is 5.29. The van der Waals surface area contributed by atoms with Crippen molar-refractivity contribution >= 4 is 29.2 Å². The Hall–Kier alpha value is -2.15. The number of benzene rings is 1. The molecule has 7 heteroatoms. The van der Waals surface area contributed by atoms with Gasteiger partial charge in [-0.05, 0) is 37.5 Å². The molecule has 0 bridgehead atoms. The summed E-state index contributed by atoms with van der Waals surface area (Å²) in [5.41, 5.74) is 1.22. The van der Waals surface area contributed by atoms with Gasteiger partial charge in [0.15, 0.2) is 5.11 Å². The second-order valence-electron chi connectivity index (χ2n) is 5.85. The molecule has 1 heterocycles. The summed E-state index contributed by atoms with van der Waals surface area (Å²) in [6, 6.07) is 9.45. The van der Waals surface area contributed by atoms with E-state index in [0.717, 1.165) is 12.8 Å². The number of hydrogen-bond donors (Lipinski definition) is 2. The summed E-state index contributed by atoms with van der Waals surface area (Å²) in [4.78, 5) is 26.0. The van der Waals surface area contributed by atoms with Crippen molar-refractivity contribution in [2.24, 2.45) is 0 Å². The number of nitrogens with zero attached hydrogens (tertiary/aromatic N) is 1. The maximum absolute atomic E-state index is 12.1. The van der Waals surface area contributed by atoms with Gasteiger partial charge in [0.05, 0.1) is 13.0 Å². The van der Waals surface area contributed by atoms with Crippen LogP contribution in [0.3, 0.4) is 0 Å². The topological polar surface area (TPSA) is 70.7 Å². The van der Waals surface area contributed by atoms with E-state index in [2.05, 4.69) is 10.6 Å². The Bertz CT molecular complexity index is 594. The minimum atomic E-state index is -0.609. The van der Waals surface area contributed by atoms with Crippen LogP contribution in [-0.2, 0) is 20.7 Å². The van der Waals surface area contributed by atoms with Gasteiger partial charge in [-0.25, -0.2) is 0 Å². The minimum absolute atomic E-state index is 0.00268. The minimum Gasteiger partial charge on any atom is -0.466 e. The second kappa shape index (κ2) is 9.98. The van der Waals surface area contributed by atoms with E-state index in [-0.39, 0.29) is 18.3 Å². The number of carbonyl (C=O) groups is 2. The number of piperazine rings is 1. The predicted molar refractivity (Wildman–Crippen MR) is 100 cm³/mol. The molecule has 0 aromatic heterocycles. The highest BCUT2D eigenvalue weighted by molar-refractivity contribution is 7.80. The summed E-state index contributed by atoms with van der Waals surface area (Å²) in [5, 5.41) is 6.31. The number of ether oxygens (including phenoxy) is 1. The number of thiocarbonyl (C=S) groups is 1. The van der Waals surface area contributed by atoms with Gasteiger partial charge >= 0.3 is 5.97 Å². The molecular formula is C18H25N3O3S. The largest absolute Gasteiger partial charge is 0.466 e. The zero-order valence-electron chi connectivity index (χ0n) is 14.5. The maximum atomic E-state index is 12.1. The molecule has 1 unspecified atom stereocenters. The van der Waals surface area contributed by atoms with Crippen LogP contribution in [0, 0.1) is 0 Å². The van der Waals surface area contributed by atoms with Crippen molar-refractivity contribution in [1.29, 1.82) is 0 Å². The van der Waals surface area contributed by atoms with Crippen molar-refractivity contribution in [3.8, 4) is 0 Å². The Morgan fingerprint density at radius 2 is 2.16 bits per heavy atom. The Morgan fingerprint density at radius 1 is 1.40 bits per heavy atom. The molecule has 1 aliphatic heterocycles. The number of hydrogen-bond acceptors (Lipinski definition) is 4. The van der Waals surface area contributed by atoms with Gasteiger partial charge in [-0.15, -0.1) is 0 Å². The second-order valence-corrected chi connectivity index (χ2v) is 6.24. The third-order valence-corrected chi connectivity index (χ3v) is 4.37. The van der Waals surface area contributed by atoms with E-state index in [9.17, 15) is 9.59 Å². The molecule has 1 aromatic carbocycles. The van der Waals surface area contributed by atoms with Crippen LogP contribution in [0.1, 0.15) is 25.3 Å². The molecule has 2 N–H and O–H groups in total. The molecule has 2 rings (SSSR count). The van der Waals surface area contributed by atoms with Gasteiger partial charge in [0.2, 0.25) is 5.91 Å². The lowest BCUT2D eigenvalue weighted by Crippen LogP contribution is -2.59. The molecule has 0 spiro atoms. The SMILES string of the molecule is CCNC(=S)N1CCNC(=O)C1CC(=O)OCCCc1ccccc1. The molecule has 1 aliphatic rings. The summed E-state index contributed by atoms with van der Waals surface area (Å²) in [5.74, 6) is -0.563. The van der Waals surface area contributed by atoms with Crippen molar-refractivity contribution in [3.05, 3.63) is 35.9 Å². The first-order chi connectivity index (χ1) is 12.1. The number of rotatable bonds is 7. The van der Waals surface area contributed by atoms with Crippen LogP contribution in [0.25, 0.3) is 0 Å². The molecule has 136 valence electrons. The summed E-state index contributed by atoms with van der Waals surface area (Å²) in [6.07, 6.45) is 1.61. The van der Waals surface area contributed by atoms with E-state index in [1.807, 2.05) is 37.3 Å². The van der Waals surface area contributed by atoms with Crippen molar-refractivity contribution in [1.82, 2.24) is 15.5 Å². The number of nitrogens with one attached hydrogen (secondary N) is 2. The Kier molecular flexibility index (Phi) is 7.66. The van der Waals surface area contributed by atoms with Crippen LogP contribution in [-0.4, -0.2) is 54.2 Å². The summed E-state index contributed by atoms with van der Waals surface area (Å²) >= 11 is 5.30. The van der Waals surface area contributed by atoms with Gasteiger partial charge in [0, 0.05) is 19.6 Å². The van der Waals surface area contributed by atoms with Crippen LogP contribution in [0.15, 0.2) is 30.3 Å². The molecule has 1 atom stereocenters. The number of amides is 1. The highest BCUT2D eigenvalue weighted by Gasteiger charge is 2.33. The molecule has 0 radical (unpaired) electrons. The first-order valence-electron chi connectivity index (χ1n) is 8.63. The van der Waals surface area contributed by atoms with Gasteiger partial charge in [0.1, 0.15) is 6.04 Å². The van der Waals surface area contributed by atoms with E-state index in [1.54, 1.807) is 4.90 Å². The molecule has 25 heavy (non-hydrogen) atoms. The van der Waals surface area contributed by atoms with Crippen LogP contribution in [0.5, 0.6) is 0 Å². The molecule has 1 aromatic rings. The molecule has 1 saturated heterocycles. The zero-order valence-corrected chi connectivity index (χ0v) is 15.3. The van der Waals surface area contributed by atoms with E-state index in [0.29, 0.717) is 31.4 Å². The first-order valence-corrected chi connectivity index (χ1v) is 9.04. The smallest absolute Gasteiger partial charge is 0.308 e. The molecule has 1 fully saturated rings. The molecule has 0 aliphatic carbocycles. The lowest BCUT2D eigenvalue weighted by atomic mass is 10.1. The predicted octanol–water partition coefficient (Wildman–Crippen LogP) is 1.25. The highest BCUT2D eigenvalue weighted by atomic mass is 32.1. The van der Waals surface area contributed by atoms with E-state index in [4.69, 9.17) is 17.0 Å². The van der Waals surface area contributed by atoms with E-state index >= 15 is 0 Å². The van der Waals surface area contributed by atoms with Crippen LogP contribution < -0.4 is 10.6 Å². The van der Waals surface area contributed by atoms with Crippen LogP contribution in [0.4, 0.5) is 0 Å². The van der Waals surface area contributed by atoms with Crippen LogP contribution in [0.2, 0.25) is 0 Å². The summed E-state index contributed by atoms with van der Waals surface area (Å²) in [6.45, 7) is 4.07. The Labute approximate surface area is 153 Å². The standard InChI is InChI=1S/C18H25N3O3S/c1-2-19-18(25)21-11-10-20-17(23)15(21)13-16(22)24-12-6-9-14-7-4-3-5-8-14/h3-5,7-8,15H,2,6,9-13H2,1H3,(H,19,25)(H,20,23). The van der Waals surface area contributed by atoms with Gasteiger partial charge < -0.3 is 20.3 Å². The number of esters is 1. The maximum Gasteiger partial charge on any atom is 0.308 e. The third kappa shape index (κ3) is 6.01. The monoisotopic (exact) mass is 363 g/mol. The fourth-order valence-electron chi connectivity index (χ4n) is 2.74. The van der Waals surface area contributed by atoms with E-state index in [1.165, 1.54) is 5.56 Å². The zero-order chi connectivity index (χ0) is 18.1. The fourth-order valence-corrected chi connectivity index (χ4v) is 3.10. The van der Waals surface area contributed by atoms with Gasteiger partial charge in [-0.2, -0.15) is 0 Å². The molecule has 0 saturated carbocycles. The third-order valence-electron chi connectivity index (χ3n) is 4.00. The summed E-state index contributed by atoms with van der Waals surface area (Å²) in [7, 11) is 0. The molecular weight excluding hydrogens is 338 g/mol. The Balaban J connectivity index is 1.78. The van der Waals surface area contributed by atoms with E-state index < -0.39 is 6.04 Å². The van der Waals surface area contributed by atoms with Gasteiger partial charge in [-0.3, -0.25) is 9.59 Å². The average Bonchev–Trinajstić information content (AvgIpc) is 2.61. The molecule has 1 amide bonds. The average molecular weight is 363 g/mol. The quantitative estimate of drug-likeness (QED) is 0.432. The molecule has 6 nitrogen and oxygen atoms in total. The number of carbonyl (C=O) groups excluding carboxylic acids is 2.